The van der Waals surface area contributed by atoms with Crippen molar-refractivity contribution < 1.29 is 14.3 Å². The smallest absolute Gasteiger partial charge is 0.337 e. The molecule has 110 valence electrons. The van der Waals surface area contributed by atoms with E-state index in [-0.39, 0.29) is 12.1 Å². The minimum atomic E-state index is -0.299. The molecule has 1 saturated carbocycles. The number of hydrogen-bond donors (Lipinski definition) is 1. The van der Waals surface area contributed by atoms with Gasteiger partial charge >= 0.3 is 5.97 Å². The van der Waals surface area contributed by atoms with Crippen LogP contribution in [0.3, 0.4) is 0 Å². The number of benzene rings is 1. The summed E-state index contributed by atoms with van der Waals surface area (Å²) in [5, 5.41) is 3.56. The summed E-state index contributed by atoms with van der Waals surface area (Å²) in [6.07, 6.45) is 4.96. The first-order chi connectivity index (χ1) is 9.65. The second-order valence-electron chi connectivity index (χ2n) is 5.33. The Morgan fingerprint density at radius 2 is 2.00 bits per heavy atom. The normalized spacial score (nSPS) is 22.4. The second-order valence-corrected chi connectivity index (χ2v) is 5.33. The van der Waals surface area contributed by atoms with Crippen LogP contribution in [0.5, 0.6) is 0 Å². The van der Waals surface area contributed by atoms with Crippen molar-refractivity contribution in [2.75, 3.05) is 19.5 Å². The van der Waals surface area contributed by atoms with Crippen LogP contribution in [0.2, 0.25) is 0 Å². The lowest BCUT2D eigenvalue weighted by Crippen LogP contribution is -2.37. The molecule has 1 aliphatic rings. The van der Waals surface area contributed by atoms with Gasteiger partial charge in [0.1, 0.15) is 0 Å². The van der Waals surface area contributed by atoms with Gasteiger partial charge in [-0.05, 0) is 43.5 Å². The van der Waals surface area contributed by atoms with Gasteiger partial charge in [-0.15, -0.1) is 0 Å². The van der Waals surface area contributed by atoms with Gasteiger partial charge in [0.2, 0.25) is 0 Å². The quantitative estimate of drug-likeness (QED) is 0.859. The summed E-state index contributed by atoms with van der Waals surface area (Å²) < 4.78 is 10.3. The molecule has 0 aromatic heterocycles. The molecule has 1 N–H and O–H groups in total. The Kier molecular flexibility index (Phi) is 5.01. The van der Waals surface area contributed by atoms with Gasteiger partial charge in [-0.2, -0.15) is 0 Å². The van der Waals surface area contributed by atoms with Crippen molar-refractivity contribution in [1.29, 1.82) is 0 Å². The number of carbonyl (C=O) groups is 1. The van der Waals surface area contributed by atoms with Crippen LogP contribution in [-0.2, 0) is 9.47 Å². The van der Waals surface area contributed by atoms with E-state index in [9.17, 15) is 4.79 Å². The zero-order chi connectivity index (χ0) is 14.5. The van der Waals surface area contributed by atoms with Gasteiger partial charge in [0, 0.05) is 12.8 Å². The zero-order valence-corrected chi connectivity index (χ0v) is 12.4. The molecule has 2 unspecified atom stereocenters. The molecule has 1 aliphatic carbocycles. The molecule has 0 spiro atoms. The van der Waals surface area contributed by atoms with Crippen LogP contribution in [0.1, 0.15) is 41.6 Å². The highest BCUT2D eigenvalue weighted by Crippen LogP contribution is 2.26. The molecule has 1 fully saturated rings. The number of aryl methyl sites for hydroxylation is 1. The van der Waals surface area contributed by atoms with Crippen LogP contribution >= 0.6 is 0 Å². The fourth-order valence-corrected chi connectivity index (χ4v) is 2.81. The van der Waals surface area contributed by atoms with Crippen molar-refractivity contribution in [3.05, 3.63) is 29.3 Å². The lowest BCUT2D eigenvalue weighted by Gasteiger charge is -2.32. The highest BCUT2D eigenvalue weighted by Gasteiger charge is 2.25. The SMILES string of the molecule is COC(=O)c1ccc(NC2CCCCC2OC)c(C)c1. The van der Waals surface area contributed by atoms with Crippen molar-refractivity contribution in [3.8, 4) is 0 Å². The maximum absolute atomic E-state index is 11.5. The van der Waals surface area contributed by atoms with Crippen molar-refractivity contribution in [1.82, 2.24) is 0 Å². The van der Waals surface area contributed by atoms with Gasteiger partial charge in [0.15, 0.2) is 0 Å². The van der Waals surface area contributed by atoms with Crippen molar-refractivity contribution >= 4 is 11.7 Å². The van der Waals surface area contributed by atoms with Gasteiger partial charge in [-0.25, -0.2) is 4.79 Å². The zero-order valence-electron chi connectivity index (χ0n) is 12.4. The van der Waals surface area contributed by atoms with Gasteiger partial charge in [-0.3, -0.25) is 0 Å². The van der Waals surface area contributed by atoms with Crippen LogP contribution in [0.25, 0.3) is 0 Å². The van der Waals surface area contributed by atoms with E-state index in [2.05, 4.69) is 5.32 Å². The fraction of sp³-hybridized carbons (Fsp3) is 0.562. The molecule has 4 heteroatoms. The fourth-order valence-electron chi connectivity index (χ4n) is 2.81. The van der Waals surface area contributed by atoms with Crippen molar-refractivity contribution in [3.63, 3.8) is 0 Å². The molecule has 0 heterocycles. The van der Waals surface area contributed by atoms with Gasteiger partial charge in [-0.1, -0.05) is 12.8 Å². The molecule has 1 aromatic rings. The third-order valence-electron chi connectivity index (χ3n) is 3.99. The van der Waals surface area contributed by atoms with Crippen LogP contribution in [0.15, 0.2) is 18.2 Å². The van der Waals surface area contributed by atoms with E-state index in [0.29, 0.717) is 11.6 Å². The molecule has 0 bridgehead atoms. The van der Waals surface area contributed by atoms with E-state index < -0.39 is 0 Å². The summed E-state index contributed by atoms with van der Waals surface area (Å²) in [6.45, 7) is 2.00. The Hall–Kier alpha value is -1.55. The van der Waals surface area contributed by atoms with Crippen LogP contribution in [0, 0.1) is 6.92 Å². The average Bonchev–Trinajstić information content (AvgIpc) is 2.49. The molecule has 0 aliphatic heterocycles. The molecule has 0 radical (unpaired) electrons. The number of rotatable bonds is 4. The van der Waals surface area contributed by atoms with Gasteiger partial charge < -0.3 is 14.8 Å². The third-order valence-corrected chi connectivity index (χ3v) is 3.99. The number of esters is 1. The molecule has 4 nitrogen and oxygen atoms in total. The molecule has 2 atom stereocenters. The largest absolute Gasteiger partial charge is 0.465 e. The van der Waals surface area contributed by atoms with Crippen LogP contribution in [0.4, 0.5) is 5.69 Å². The molecule has 0 amide bonds. The Morgan fingerprint density at radius 1 is 1.25 bits per heavy atom. The Morgan fingerprint density at radius 3 is 2.65 bits per heavy atom. The van der Waals surface area contributed by atoms with Crippen LogP contribution in [-0.4, -0.2) is 32.3 Å². The number of anilines is 1. The summed E-state index contributed by atoms with van der Waals surface area (Å²) in [5.74, 6) is -0.299. The third kappa shape index (κ3) is 3.31. The second kappa shape index (κ2) is 6.75. The van der Waals surface area contributed by atoms with E-state index in [1.54, 1.807) is 13.2 Å². The van der Waals surface area contributed by atoms with Gasteiger partial charge in [0.25, 0.3) is 0 Å². The Balaban J connectivity index is 2.11. The van der Waals surface area contributed by atoms with E-state index in [1.165, 1.54) is 20.0 Å². The predicted octanol–water partition coefficient (Wildman–Crippen LogP) is 3.15. The number of nitrogens with one attached hydrogen (secondary N) is 1. The maximum Gasteiger partial charge on any atom is 0.337 e. The summed E-state index contributed by atoms with van der Waals surface area (Å²) in [5.41, 5.74) is 2.70. The number of carbonyl (C=O) groups excluding carboxylic acids is 1. The molecule has 2 rings (SSSR count). The van der Waals surface area contributed by atoms with E-state index in [1.807, 2.05) is 19.1 Å². The number of hydrogen-bond acceptors (Lipinski definition) is 4. The van der Waals surface area contributed by atoms with Gasteiger partial charge in [0.05, 0.1) is 24.8 Å². The minimum absolute atomic E-state index is 0.267. The first kappa shape index (κ1) is 14.9. The molecule has 20 heavy (non-hydrogen) atoms. The highest BCUT2D eigenvalue weighted by molar-refractivity contribution is 5.90. The monoisotopic (exact) mass is 277 g/mol. The maximum atomic E-state index is 11.5. The Bertz CT molecular complexity index is 473. The summed E-state index contributed by atoms with van der Waals surface area (Å²) in [4.78, 5) is 11.5. The molecule has 0 saturated heterocycles. The standard InChI is InChI=1S/C16H23NO3/c1-11-10-12(16(18)20-3)8-9-13(11)17-14-6-4-5-7-15(14)19-2/h8-10,14-15,17H,4-7H2,1-3H3. The predicted molar refractivity (Wildman–Crippen MR) is 79.2 cm³/mol. The van der Waals surface area contributed by atoms with Crippen molar-refractivity contribution in [2.24, 2.45) is 0 Å². The summed E-state index contributed by atoms with van der Waals surface area (Å²) in [7, 11) is 3.17. The number of methoxy groups -OCH3 is 2. The topological polar surface area (TPSA) is 47.6 Å². The first-order valence-corrected chi connectivity index (χ1v) is 7.14. The highest BCUT2D eigenvalue weighted by atomic mass is 16.5. The molecule has 1 aromatic carbocycles. The number of ether oxygens (including phenoxy) is 2. The first-order valence-electron chi connectivity index (χ1n) is 7.14. The Labute approximate surface area is 120 Å². The molecular formula is C16H23NO3. The van der Waals surface area contributed by atoms with E-state index >= 15 is 0 Å². The van der Waals surface area contributed by atoms with E-state index in [4.69, 9.17) is 9.47 Å². The summed E-state index contributed by atoms with van der Waals surface area (Å²) in [6, 6.07) is 5.95. The van der Waals surface area contributed by atoms with Crippen LogP contribution < -0.4 is 5.32 Å². The van der Waals surface area contributed by atoms with E-state index in [0.717, 1.165) is 24.1 Å². The molecular weight excluding hydrogens is 254 g/mol. The van der Waals surface area contributed by atoms with Crippen molar-refractivity contribution in [2.45, 2.75) is 44.8 Å². The lowest BCUT2D eigenvalue weighted by molar-refractivity contribution is 0.0598. The minimum Gasteiger partial charge on any atom is -0.465 e. The lowest BCUT2D eigenvalue weighted by atomic mass is 9.92. The summed E-state index contributed by atoms with van der Waals surface area (Å²) >= 11 is 0. The average molecular weight is 277 g/mol.